The standard InChI is InChI=1S/C24H41N4Se/c1-18(2)22-10-9-11-23(19(3)4)24(22)26-21(6)16-20(5)25-12-13-27(7)14-15-28(8)17-29/h9-11,16,18-19,26H,12-15,17H2,1-8H3/b21-16+,25-20?. The van der Waals surface area contributed by atoms with Crippen molar-refractivity contribution in [1.29, 1.82) is 0 Å². The summed E-state index contributed by atoms with van der Waals surface area (Å²) in [5.41, 5.74) is 7.17. The average molecular weight is 465 g/mol. The zero-order valence-corrected chi connectivity index (χ0v) is 21.5. The minimum atomic E-state index is 0.485. The van der Waals surface area contributed by atoms with Crippen LogP contribution in [-0.4, -0.2) is 77.2 Å². The van der Waals surface area contributed by atoms with Crippen molar-refractivity contribution in [2.24, 2.45) is 4.99 Å². The van der Waals surface area contributed by atoms with Gasteiger partial charge in [0.05, 0.1) is 0 Å². The molecule has 29 heavy (non-hydrogen) atoms. The summed E-state index contributed by atoms with van der Waals surface area (Å²) in [4.78, 5) is 9.37. The summed E-state index contributed by atoms with van der Waals surface area (Å²) < 4.78 is 0. The zero-order valence-electron chi connectivity index (χ0n) is 19.7. The van der Waals surface area contributed by atoms with Crippen molar-refractivity contribution in [1.82, 2.24) is 9.80 Å². The van der Waals surface area contributed by atoms with Crippen molar-refractivity contribution < 1.29 is 0 Å². The van der Waals surface area contributed by atoms with Crippen molar-refractivity contribution in [3.63, 3.8) is 0 Å². The Labute approximate surface area is 187 Å². The van der Waals surface area contributed by atoms with E-state index >= 15 is 0 Å². The van der Waals surface area contributed by atoms with Gasteiger partial charge in [-0.2, -0.15) is 0 Å². The number of benzene rings is 1. The van der Waals surface area contributed by atoms with Gasteiger partial charge in [-0.15, -0.1) is 0 Å². The van der Waals surface area contributed by atoms with Crippen LogP contribution in [0.25, 0.3) is 0 Å². The van der Waals surface area contributed by atoms with Crippen molar-refractivity contribution >= 4 is 27.4 Å². The molecule has 1 aromatic rings. The van der Waals surface area contributed by atoms with E-state index in [1.165, 1.54) is 16.8 Å². The van der Waals surface area contributed by atoms with Crippen molar-refractivity contribution in [3.8, 4) is 0 Å². The van der Waals surface area contributed by atoms with Crippen molar-refractivity contribution in [3.05, 3.63) is 41.1 Å². The van der Waals surface area contributed by atoms with Crippen LogP contribution < -0.4 is 5.32 Å². The van der Waals surface area contributed by atoms with Gasteiger partial charge in [-0.05, 0) is 23.0 Å². The second kappa shape index (κ2) is 13.2. The molecular weight excluding hydrogens is 423 g/mol. The molecule has 0 aliphatic heterocycles. The number of likely N-dealkylation sites (N-methyl/N-ethyl adjacent to an activating group) is 2. The van der Waals surface area contributed by atoms with Gasteiger partial charge < -0.3 is 0 Å². The number of para-hydroxylation sites is 1. The number of rotatable bonds is 12. The molecule has 1 rings (SSSR count). The first-order chi connectivity index (χ1) is 13.6. The summed E-state index contributed by atoms with van der Waals surface area (Å²) in [6.07, 6.45) is 2.15. The van der Waals surface area contributed by atoms with Crippen LogP contribution in [0.4, 0.5) is 5.69 Å². The topological polar surface area (TPSA) is 30.9 Å². The van der Waals surface area contributed by atoms with Crippen LogP contribution in [0, 0.1) is 0 Å². The molecule has 0 saturated heterocycles. The first-order valence-electron chi connectivity index (χ1n) is 10.7. The molecule has 1 aromatic carbocycles. The van der Waals surface area contributed by atoms with Crippen LogP contribution >= 0.6 is 0 Å². The van der Waals surface area contributed by atoms with Gasteiger partial charge in [-0.1, -0.05) is 45.9 Å². The van der Waals surface area contributed by atoms with Crippen molar-refractivity contribution in [2.75, 3.05) is 51.0 Å². The predicted octanol–water partition coefficient (Wildman–Crippen LogP) is 4.70. The number of allylic oxidation sites excluding steroid dienone is 2. The third-order valence-electron chi connectivity index (χ3n) is 5.05. The van der Waals surface area contributed by atoms with Crippen LogP contribution in [0.1, 0.15) is 64.5 Å². The Balaban J connectivity index is 2.74. The van der Waals surface area contributed by atoms with E-state index in [9.17, 15) is 0 Å². The quantitative estimate of drug-likeness (QED) is 0.359. The molecule has 0 atom stereocenters. The third kappa shape index (κ3) is 9.48. The number of nitrogens with zero attached hydrogens (tertiary/aromatic N) is 3. The van der Waals surface area contributed by atoms with E-state index in [1.807, 2.05) is 0 Å². The second-order valence-electron chi connectivity index (χ2n) is 8.61. The van der Waals surface area contributed by atoms with E-state index in [-0.39, 0.29) is 0 Å². The molecule has 4 nitrogen and oxygen atoms in total. The van der Waals surface area contributed by atoms with Gasteiger partial charge in [0, 0.05) is 5.69 Å². The summed E-state index contributed by atoms with van der Waals surface area (Å²) in [6, 6.07) is 6.64. The molecule has 0 aliphatic carbocycles. The maximum absolute atomic E-state index is 4.75. The fourth-order valence-corrected chi connectivity index (χ4v) is 3.47. The van der Waals surface area contributed by atoms with Crippen LogP contribution in [0.2, 0.25) is 0 Å². The molecule has 0 unspecified atom stereocenters. The SMILES string of the molecule is CC(/C=C(\C)Nc1c(C(C)C)cccc1C(C)C)=NCCN(C)CCN(C)C[Se]. The fraction of sp³-hybridized carbons (Fsp3) is 0.625. The molecule has 1 radical (unpaired) electrons. The molecule has 1 N–H and O–H groups in total. The van der Waals surface area contributed by atoms with Gasteiger partial charge in [-0.3, -0.25) is 0 Å². The Kier molecular flexibility index (Phi) is 11.8. The number of aliphatic imine (C=N–C) groups is 1. The van der Waals surface area contributed by atoms with Gasteiger partial charge in [0.15, 0.2) is 0 Å². The van der Waals surface area contributed by atoms with E-state index in [1.54, 1.807) is 0 Å². The summed E-state index contributed by atoms with van der Waals surface area (Å²) in [5.74, 6) is 0.970. The second-order valence-corrected chi connectivity index (χ2v) is 9.15. The normalized spacial score (nSPS) is 13.3. The molecule has 0 aromatic heterocycles. The number of anilines is 1. The molecular formula is C24H41N4Se. The zero-order chi connectivity index (χ0) is 22.0. The summed E-state index contributed by atoms with van der Waals surface area (Å²) in [6.45, 7) is 17.2. The molecule has 0 aliphatic rings. The molecule has 5 heteroatoms. The Morgan fingerprint density at radius 1 is 1.00 bits per heavy atom. The molecule has 0 spiro atoms. The van der Waals surface area contributed by atoms with E-state index in [0.29, 0.717) is 11.8 Å². The summed E-state index contributed by atoms with van der Waals surface area (Å²) in [7, 11) is 4.30. The van der Waals surface area contributed by atoms with Gasteiger partial charge in [0.2, 0.25) is 0 Å². The monoisotopic (exact) mass is 465 g/mol. The first-order valence-corrected chi connectivity index (χ1v) is 11.9. The van der Waals surface area contributed by atoms with Gasteiger partial charge in [0.25, 0.3) is 0 Å². The Morgan fingerprint density at radius 3 is 2.07 bits per heavy atom. The molecule has 0 fully saturated rings. The Bertz CT molecular complexity index is 653. The molecule has 0 heterocycles. The van der Waals surface area contributed by atoms with E-state index in [2.05, 4.69) is 111 Å². The van der Waals surface area contributed by atoms with Crippen LogP contribution in [0.15, 0.2) is 35.0 Å². The van der Waals surface area contributed by atoms with Gasteiger partial charge >= 0.3 is 113 Å². The predicted molar refractivity (Wildman–Crippen MR) is 131 cm³/mol. The summed E-state index contributed by atoms with van der Waals surface area (Å²) in [5, 5.41) is 3.67. The average Bonchev–Trinajstić information content (AvgIpc) is 2.65. The van der Waals surface area contributed by atoms with Gasteiger partial charge in [-0.25, -0.2) is 0 Å². The molecule has 0 bridgehead atoms. The minimum absolute atomic E-state index is 0.485. The first kappa shape index (κ1) is 25.9. The Morgan fingerprint density at radius 2 is 1.55 bits per heavy atom. The molecule has 0 amide bonds. The Hall–Kier alpha value is -1.13. The van der Waals surface area contributed by atoms with Crippen LogP contribution in [-0.2, 0) is 0 Å². The van der Waals surface area contributed by atoms with Crippen LogP contribution in [0.5, 0.6) is 0 Å². The molecule has 0 saturated carbocycles. The third-order valence-corrected chi connectivity index (χ3v) is 5.97. The fourth-order valence-electron chi connectivity index (χ4n) is 3.20. The number of hydrogen-bond donors (Lipinski definition) is 1. The van der Waals surface area contributed by atoms with E-state index in [0.717, 1.165) is 43.0 Å². The summed E-state index contributed by atoms with van der Waals surface area (Å²) >= 11 is 3.05. The maximum atomic E-state index is 4.75. The van der Waals surface area contributed by atoms with Crippen LogP contribution in [0.3, 0.4) is 0 Å². The van der Waals surface area contributed by atoms with Gasteiger partial charge in [0.1, 0.15) is 0 Å². The molecule has 163 valence electrons. The van der Waals surface area contributed by atoms with Crippen molar-refractivity contribution in [2.45, 2.75) is 53.4 Å². The van der Waals surface area contributed by atoms with E-state index in [4.69, 9.17) is 4.99 Å². The number of nitrogens with one attached hydrogen (secondary N) is 1. The van der Waals surface area contributed by atoms with E-state index < -0.39 is 0 Å². The number of hydrogen-bond acceptors (Lipinski definition) is 4.